The fourth-order valence-electron chi connectivity index (χ4n) is 3.37. The van der Waals surface area contributed by atoms with Gasteiger partial charge in [0.1, 0.15) is 5.75 Å². The number of benzene rings is 3. The highest BCUT2D eigenvalue weighted by Crippen LogP contribution is 2.30. The van der Waals surface area contributed by atoms with Crippen LogP contribution in [0.3, 0.4) is 0 Å². The smallest absolute Gasteiger partial charge is 0.266 e. The molecule has 0 saturated carbocycles. The number of aromatic nitrogens is 4. The molecule has 0 spiro atoms. The molecule has 0 radical (unpaired) electrons. The molecular weight excluding hydrogens is 460 g/mol. The molecule has 5 rings (SSSR count). The maximum atomic E-state index is 13.4. The van der Waals surface area contributed by atoms with Crippen LogP contribution in [0.2, 0.25) is 5.02 Å². The molecule has 3 aromatic carbocycles. The van der Waals surface area contributed by atoms with Gasteiger partial charge in [0, 0.05) is 5.56 Å². The minimum absolute atomic E-state index is 0.195. The highest BCUT2D eigenvalue weighted by atomic mass is 35.5. The lowest BCUT2D eigenvalue weighted by Crippen LogP contribution is -2.21. The Labute approximate surface area is 198 Å². The number of thioether (sulfide) groups is 1. The van der Waals surface area contributed by atoms with Crippen LogP contribution in [0.5, 0.6) is 5.75 Å². The fourth-order valence-corrected chi connectivity index (χ4v) is 4.47. The molecule has 7 nitrogen and oxygen atoms in total. The number of rotatable bonds is 6. The Kier molecular flexibility index (Phi) is 5.85. The van der Waals surface area contributed by atoms with Crippen LogP contribution < -0.4 is 10.3 Å². The first-order chi connectivity index (χ1) is 16.1. The zero-order valence-corrected chi connectivity index (χ0v) is 19.0. The third kappa shape index (κ3) is 4.22. The maximum absolute atomic E-state index is 13.4. The summed E-state index contributed by atoms with van der Waals surface area (Å²) in [5.74, 6) is 1.74. The first kappa shape index (κ1) is 21.2. The van der Waals surface area contributed by atoms with E-state index in [0.29, 0.717) is 50.1 Å². The second kappa shape index (κ2) is 9.09. The van der Waals surface area contributed by atoms with Crippen molar-refractivity contribution in [2.24, 2.45) is 0 Å². The predicted octanol–water partition coefficient (Wildman–Crippen LogP) is 5.39. The van der Waals surface area contributed by atoms with Crippen molar-refractivity contribution in [3.8, 4) is 22.9 Å². The van der Waals surface area contributed by atoms with E-state index < -0.39 is 0 Å². The molecule has 0 aliphatic carbocycles. The van der Waals surface area contributed by atoms with Crippen molar-refractivity contribution < 1.29 is 9.15 Å². The van der Waals surface area contributed by atoms with Gasteiger partial charge in [-0.25, -0.2) is 4.98 Å². The zero-order valence-electron chi connectivity index (χ0n) is 17.4. The molecule has 0 saturated heterocycles. The predicted molar refractivity (Wildman–Crippen MR) is 128 cm³/mol. The molecule has 164 valence electrons. The van der Waals surface area contributed by atoms with E-state index in [1.807, 2.05) is 48.5 Å². The second-order valence-corrected chi connectivity index (χ2v) is 8.38. The zero-order chi connectivity index (χ0) is 22.8. The molecular formula is C24H17ClN4O3S. The average molecular weight is 477 g/mol. The van der Waals surface area contributed by atoms with Gasteiger partial charge in [-0.05, 0) is 42.5 Å². The quantitative estimate of drug-likeness (QED) is 0.240. The van der Waals surface area contributed by atoms with Crippen LogP contribution in [0.1, 0.15) is 5.89 Å². The molecule has 9 heteroatoms. The van der Waals surface area contributed by atoms with Crippen LogP contribution in [0.25, 0.3) is 28.0 Å². The SMILES string of the molecule is COc1ccc(-n2c(SCc3nnc(-c4ccccc4)o3)nc3ccccc3c2=O)cc1Cl. The van der Waals surface area contributed by atoms with Crippen molar-refractivity contribution in [1.82, 2.24) is 19.7 Å². The van der Waals surface area contributed by atoms with Gasteiger partial charge < -0.3 is 9.15 Å². The second-order valence-electron chi connectivity index (χ2n) is 7.03. The van der Waals surface area contributed by atoms with Gasteiger partial charge in [-0.3, -0.25) is 9.36 Å². The minimum atomic E-state index is -0.195. The van der Waals surface area contributed by atoms with Crippen LogP contribution in [-0.2, 0) is 5.75 Å². The average Bonchev–Trinajstić information content (AvgIpc) is 3.32. The fraction of sp³-hybridized carbons (Fsp3) is 0.0833. The van der Waals surface area contributed by atoms with Gasteiger partial charge in [-0.2, -0.15) is 0 Å². The highest BCUT2D eigenvalue weighted by Gasteiger charge is 2.16. The Balaban J connectivity index is 1.53. The number of para-hydroxylation sites is 1. The van der Waals surface area contributed by atoms with Crippen molar-refractivity contribution in [2.45, 2.75) is 10.9 Å². The lowest BCUT2D eigenvalue weighted by Gasteiger charge is -2.14. The maximum Gasteiger partial charge on any atom is 0.266 e. The molecule has 0 amide bonds. The normalized spacial score (nSPS) is 11.1. The summed E-state index contributed by atoms with van der Waals surface area (Å²) < 4.78 is 12.6. The third-order valence-corrected chi connectivity index (χ3v) is 6.17. The standard InChI is InChI=1S/C24H17ClN4O3S/c1-31-20-12-11-16(13-18(20)25)29-23(30)17-9-5-6-10-19(17)26-24(29)33-14-21-27-28-22(32-21)15-7-3-2-4-8-15/h2-13H,14H2,1H3. The molecule has 0 bridgehead atoms. The number of hydrogen-bond donors (Lipinski definition) is 0. The van der Waals surface area contributed by atoms with Crippen LogP contribution >= 0.6 is 23.4 Å². The van der Waals surface area contributed by atoms with Crippen molar-refractivity contribution in [3.05, 3.63) is 94.1 Å². The van der Waals surface area contributed by atoms with E-state index in [-0.39, 0.29) is 5.56 Å². The van der Waals surface area contributed by atoms with Gasteiger partial charge in [0.05, 0.1) is 34.5 Å². The van der Waals surface area contributed by atoms with E-state index in [2.05, 4.69) is 10.2 Å². The number of methoxy groups -OCH3 is 1. The van der Waals surface area contributed by atoms with E-state index in [1.54, 1.807) is 31.4 Å². The first-order valence-electron chi connectivity index (χ1n) is 10.0. The van der Waals surface area contributed by atoms with Crippen molar-refractivity contribution >= 4 is 34.3 Å². The highest BCUT2D eigenvalue weighted by molar-refractivity contribution is 7.98. The van der Waals surface area contributed by atoms with Crippen molar-refractivity contribution in [2.75, 3.05) is 7.11 Å². The lowest BCUT2D eigenvalue weighted by molar-refractivity contribution is 0.415. The minimum Gasteiger partial charge on any atom is -0.495 e. The number of halogens is 1. The van der Waals surface area contributed by atoms with Crippen LogP contribution in [-0.4, -0.2) is 26.9 Å². The Morgan fingerprint density at radius 1 is 1.03 bits per heavy atom. The van der Waals surface area contributed by atoms with Gasteiger partial charge in [-0.15, -0.1) is 10.2 Å². The molecule has 2 heterocycles. The van der Waals surface area contributed by atoms with E-state index >= 15 is 0 Å². The van der Waals surface area contributed by atoms with Gasteiger partial charge in [0.25, 0.3) is 5.56 Å². The summed E-state index contributed by atoms with van der Waals surface area (Å²) >= 11 is 7.67. The number of nitrogens with zero attached hydrogens (tertiary/aromatic N) is 4. The van der Waals surface area contributed by atoms with Gasteiger partial charge in [0.2, 0.25) is 11.8 Å². The molecule has 5 aromatic rings. The largest absolute Gasteiger partial charge is 0.495 e. The molecule has 0 fully saturated rings. The topological polar surface area (TPSA) is 83.0 Å². The van der Waals surface area contributed by atoms with Crippen LogP contribution in [0.4, 0.5) is 0 Å². The molecule has 0 aliphatic rings. The van der Waals surface area contributed by atoms with Crippen LogP contribution in [0.15, 0.2) is 87.2 Å². The van der Waals surface area contributed by atoms with Crippen molar-refractivity contribution in [3.63, 3.8) is 0 Å². The molecule has 0 unspecified atom stereocenters. The molecule has 0 aliphatic heterocycles. The summed E-state index contributed by atoms with van der Waals surface area (Å²) in [6, 6.07) is 21.9. The third-order valence-electron chi connectivity index (χ3n) is 4.95. The Bertz CT molecular complexity index is 1500. The number of hydrogen-bond acceptors (Lipinski definition) is 7. The first-order valence-corrected chi connectivity index (χ1v) is 11.4. The molecule has 0 N–H and O–H groups in total. The summed E-state index contributed by atoms with van der Waals surface area (Å²) in [5, 5.41) is 9.66. The van der Waals surface area contributed by atoms with Gasteiger partial charge in [0.15, 0.2) is 5.16 Å². The Hall–Kier alpha value is -3.62. The van der Waals surface area contributed by atoms with Crippen molar-refractivity contribution in [1.29, 1.82) is 0 Å². The summed E-state index contributed by atoms with van der Waals surface area (Å²) in [6.07, 6.45) is 0. The van der Waals surface area contributed by atoms with E-state index in [9.17, 15) is 4.79 Å². The summed E-state index contributed by atoms with van der Waals surface area (Å²) in [7, 11) is 1.54. The van der Waals surface area contributed by atoms with E-state index in [1.165, 1.54) is 16.3 Å². The Morgan fingerprint density at radius 2 is 1.82 bits per heavy atom. The number of fused-ring (bicyclic) bond motifs is 1. The summed E-state index contributed by atoms with van der Waals surface area (Å²) in [4.78, 5) is 18.1. The number of ether oxygens (including phenoxy) is 1. The molecule has 0 atom stereocenters. The molecule has 33 heavy (non-hydrogen) atoms. The monoisotopic (exact) mass is 476 g/mol. The summed E-state index contributed by atoms with van der Waals surface area (Å²) in [5.41, 5.74) is 1.84. The lowest BCUT2D eigenvalue weighted by atomic mass is 10.2. The molecule has 2 aromatic heterocycles. The van der Waals surface area contributed by atoms with Crippen LogP contribution in [0, 0.1) is 0 Å². The Morgan fingerprint density at radius 3 is 2.61 bits per heavy atom. The van der Waals surface area contributed by atoms with E-state index in [4.69, 9.17) is 25.7 Å². The van der Waals surface area contributed by atoms with Gasteiger partial charge >= 0.3 is 0 Å². The van der Waals surface area contributed by atoms with Gasteiger partial charge in [-0.1, -0.05) is 53.7 Å². The van der Waals surface area contributed by atoms with E-state index in [0.717, 1.165) is 5.56 Å². The summed E-state index contributed by atoms with van der Waals surface area (Å²) in [6.45, 7) is 0.